The molecule has 0 saturated carbocycles. The number of hydrogen-bond donors (Lipinski definition) is 1. The van der Waals surface area contributed by atoms with Crippen molar-refractivity contribution < 1.29 is 13.9 Å². The molecule has 0 radical (unpaired) electrons. The van der Waals surface area contributed by atoms with Crippen LogP contribution in [0.3, 0.4) is 0 Å². The number of rotatable bonds is 8. The zero-order chi connectivity index (χ0) is 18.4. The number of nitrogens with zero attached hydrogens (tertiary/aromatic N) is 2. The van der Waals surface area contributed by atoms with Gasteiger partial charge in [0.25, 0.3) is 0 Å². The van der Waals surface area contributed by atoms with Crippen LogP contribution in [0.4, 0.5) is 10.3 Å². The van der Waals surface area contributed by atoms with Gasteiger partial charge < -0.3 is 19.4 Å². The molecule has 0 amide bonds. The number of aromatic nitrogens is 2. The molecule has 0 aliphatic carbocycles. The molecule has 0 bridgehead atoms. The van der Waals surface area contributed by atoms with E-state index in [4.69, 9.17) is 9.47 Å². The number of halogens is 1. The zero-order valence-corrected chi connectivity index (χ0v) is 14.9. The largest absolute Gasteiger partial charge is 0.496 e. The molecule has 136 valence electrons. The fourth-order valence-electron chi connectivity index (χ4n) is 2.80. The Bertz CT molecular complexity index is 847. The van der Waals surface area contributed by atoms with Crippen molar-refractivity contribution >= 4 is 5.95 Å². The summed E-state index contributed by atoms with van der Waals surface area (Å²) in [5.41, 5.74) is 2.85. The quantitative estimate of drug-likeness (QED) is 0.664. The van der Waals surface area contributed by atoms with Gasteiger partial charge in [-0.05, 0) is 30.3 Å². The van der Waals surface area contributed by atoms with E-state index in [1.165, 1.54) is 12.1 Å². The predicted molar refractivity (Wildman–Crippen MR) is 99.8 cm³/mol. The summed E-state index contributed by atoms with van der Waals surface area (Å²) in [4.78, 5) is 4.50. The first kappa shape index (κ1) is 17.9. The van der Waals surface area contributed by atoms with Gasteiger partial charge in [0, 0.05) is 31.3 Å². The van der Waals surface area contributed by atoms with Gasteiger partial charge >= 0.3 is 0 Å². The highest BCUT2D eigenvalue weighted by Gasteiger charge is 2.12. The molecule has 0 aliphatic rings. The Balaban J connectivity index is 1.85. The molecule has 1 aromatic heterocycles. The summed E-state index contributed by atoms with van der Waals surface area (Å²) in [6.45, 7) is 1.77. The van der Waals surface area contributed by atoms with Crippen LogP contribution < -0.4 is 10.1 Å². The molecule has 1 N–H and O–H groups in total. The van der Waals surface area contributed by atoms with Crippen LogP contribution in [0.2, 0.25) is 0 Å². The molecule has 0 atom stereocenters. The molecule has 5 nitrogen and oxygen atoms in total. The summed E-state index contributed by atoms with van der Waals surface area (Å²) in [6.07, 6.45) is 1.79. The maximum absolute atomic E-state index is 13.2. The number of anilines is 1. The van der Waals surface area contributed by atoms with Crippen molar-refractivity contribution in [2.45, 2.75) is 13.1 Å². The SMILES string of the molecule is COCCn1c(-c2ccc(F)cc2)cnc1NCc1ccccc1OC. The van der Waals surface area contributed by atoms with Crippen LogP contribution in [0.5, 0.6) is 5.75 Å². The average molecular weight is 355 g/mol. The molecule has 26 heavy (non-hydrogen) atoms. The van der Waals surface area contributed by atoms with E-state index in [1.807, 2.05) is 28.8 Å². The van der Waals surface area contributed by atoms with E-state index >= 15 is 0 Å². The normalized spacial score (nSPS) is 10.7. The molecule has 1 heterocycles. The van der Waals surface area contributed by atoms with Gasteiger partial charge in [-0.2, -0.15) is 0 Å². The summed E-state index contributed by atoms with van der Waals surface area (Å²) in [5, 5.41) is 3.36. The second-order valence-corrected chi connectivity index (χ2v) is 5.78. The lowest BCUT2D eigenvalue weighted by Gasteiger charge is -2.14. The summed E-state index contributed by atoms with van der Waals surface area (Å²) < 4.78 is 25.9. The van der Waals surface area contributed by atoms with Crippen molar-refractivity contribution in [2.24, 2.45) is 0 Å². The van der Waals surface area contributed by atoms with Gasteiger partial charge in [-0.1, -0.05) is 18.2 Å². The lowest BCUT2D eigenvalue weighted by Crippen LogP contribution is -2.12. The molecule has 3 aromatic rings. The Hall–Kier alpha value is -2.86. The Morgan fingerprint density at radius 2 is 1.85 bits per heavy atom. The minimum Gasteiger partial charge on any atom is -0.496 e. The van der Waals surface area contributed by atoms with E-state index in [1.54, 1.807) is 32.5 Å². The van der Waals surface area contributed by atoms with Crippen molar-refractivity contribution in [1.82, 2.24) is 9.55 Å². The first-order chi connectivity index (χ1) is 12.7. The van der Waals surface area contributed by atoms with Gasteiger partial charge in [-0.25, -0.2) is 9.37 Å². The van der Waals surface area contributed by atoms with E-state index in [0.29, 0.717) is 19.7 Å². The van der Waals surface area contributed by atoms with Gasteiger partial charge in [-0.15, -0.1) is 0 Å². The number of para-hydroxylation sites is 1. The van der Waals surface area contributed by atoms with Crippen LogP contribution in [0, 0.1) is 5.82 Å². The Morgan fingerprint density at radius 3 is 2.58 bits per heavy atom. The van der Waals surface area contributed by atoms with Crippen molar-refractivity contribution in [3.8, 4) is 17.0 Å². The van der Waals surface area contributed by atoms with E-state index < -0.39 is 0 Å². The van der Waals surface area contributed by atoms with Crippen molar-refractivity contribution in [3.63, 3.8) is 0 Å². The van der Waals surface area contributed by atoms with Crippen LogP contribution >= 0.6 is 0 Å². The monoisotopic (exact) mass is 355 g/mol. The number of benzene rings is 2. The predicted octanol–water partition coefficient (Wildman–Crippen LogP) is 3.96. The number of nitrogens with one attached hydrogen (secondary N) is 1. The molecule has 0 unspecified atom stereocenters. The fraction of sp³-hybridized carbons (Fsp3) is 0.250. The maximum Gasteiger partial charge on any atom is 0.203 e. The third-order valence-electron chi connectivity index (χ3n) is 4.14. The highest BCUT2D eigenvalue weighted by atomic mass is 19.1. The summed E-state index contributed by atoms with van der Waals surface area (Å²) >= 11 is 0. The Labute approximate surface area is 152 Å². The van der Waals surface area contributed by atoms with Gasteiger partial charge in [-0.3, -0.25) is 0 Å². The summed E-state index contributed by atoms with van der Waals surface area (Å²) in [7, 11) is 3.32. The molecule has 3 rings (SSSR count). The summed E-state index contributed by atoms with van der Waals surface area (Å²) in [6, 6.07) is 14.2. The minimum absolute atomic E-state index is 0.258. The van der Waals surface area contributed by atoms with E-state index in [9.17, 15) is 4.39 Å². The maximum atomic E-state index is 13.2. The first-order valence-electron chi connectivity index (χ1n) is 8.39. The van der Waals surface area contributed by atoms with Gasteiger partial charge in [0.1, 0.15) is 11.6 Å². The van der Waals surface area contributed by atoms with E-state index in [2.05, 4.69) is 10.3 Å². The number of hydrogen-bond acceptors (Lipinski definition) is 4. The second-order valence-electron chi connectivity index (χ2n) is 5.78. The lowest BCUT2D eigenvalue weighted by molar-refractivity contribution is 0.188. The fourth-order valence-corrected chi connectivity index (χ4v) is 2.80. The third-order valence-corrected chi connectivity index (χ3v) is 4.14. The smallest absolute Gasteiger partial charge is 0.203 e. The van der Waals surface area contributed by atoms with Crippen molar-refractivity contribution in [1.29, 1.82) is 0 Å². The van der Waals surface area contributed by atoms with Crippen molar-refractivity contribution in [3.05, 3.63) is 66.1 Å². The van der Waals surface area contributed by atoms with Crippen LogP contribution in [0.15, 0.2) is 54.7 Å². The average Bonchev–Trinajstić information content (AvgIpc) is 3.08. The molecule has 0 fully saturated rings. The van der Waals surface area contributed by atoms with Crippen molar-refractivity contribution in [2.75, 3.05) is 26.1 Å². The second kappa shape index (κ2) is 8.49. The van der Waals surface area contributed by atoms with Crippen LogP contribution in [0.25, 0.3) is 11.3 Å². The first-order valence-corrected chi connectivity index (χ1v) is 8.39. The Morgan fingerprint density at radius 1 is 1.08 bits per heavy atom. The Kier molecular flexibility index (Phi) is 5.86. The molecular weight excluding hydrogens is 333 g/mol. The standard InChI is InChI=1S/C20H22FN3O2/c1-25-12-11-24-18(15-7-9-17(21)10-8-15)14-23-20(24)22-13-16-5-3-4-6-19(16)26-2/h3-10,14H,11-13H2,1-2H3,(H,22,23). The van der Waals surface area contributed by atoms with Gasteiger partial charge in [0.2, 0.25) is 5.95 Å². The molecule has 0 aliphatic heterocycles. The summed E-state index contributed by atoms with van der Waals surface area (Å²) in [5.74, 6) is 1.30. The highest BCUT2D eigenvalue weighted by Crippen LogP contribution is 2.25. The molecular formula is C20H22FN3O2. The number of ether oxygens (including phenoxy) is 2. The third kappa shape index (κ3) is 4.03. The van der Waals surface area contributed by atoms with Crippen LogP contribution in [0.1, 0.15) is 5.56 Å². The van der Waals surface area contributed by atoms with Crippen LogP contribution in [-0.4, -0.2) is 30.4 Å². The zero-order valence-electron chi connectivity index (χ0n) is 14.9. The van der Waals surface area contributed by atoms with Gasteiger partial charge in [0.05, 0.1) is 25.6 Å². The van der Waals surface area contributed by atoms with E-state index in [-0.39, 0.29) is 5.82 Å². The van der Waals surface area contributed by atoms with E-state index in [0.717, 1.165) is 28.5 Å². The number of methoxy groups -OCH3 is 2. The highest BCUT2D eigenvalue weighted by molar-refractivity contribution is 5.61. The molecule has 2 aromatic carbocycles. The molecule has 6 heteroatoms. The van der Waals surface area contributed by atoms with Gasteiger partial charge in [0.15, 0.2) is 0 Å². The van der Waals surface area contributed by atoms with Crippen LogP contribution in [-0.2, 0) is 17.8 Å². The molecule has 0 spiro atoms. The topological polar surface area (TPSA) is 48.3 Å². The molecule has 0 saturated heterocycles. The minimum atomic E-state index is -0.258. The number of imidazole rings is 1. The lowest BCUT2D eigenvalue weighted by atomic mass is 10.1.